The highest BCUT2D eigenvalue weighted by Gasteiger charge is 2.21. The van der Waals surface area contributed by atoms with Crippen LogP contribution >= 0.6 is 12.6 Å². The van der Waals surface area contributed by atoms with Gasteiger partial charge in [0, 0.05) is 44.0 Å². The van der Waals surface area contributed by atoms with E-state index in [1.165, 1.54) is 0 Å². The molecule has 0 aliphatic rings. The number of carbonyl (C=O) groups excluding carboxylic acids is 3. The summed E-state index contributed by atoms with van der Waals surface area (Å²) in [6.07, 6.45) is 13.2. The molecule has 0 bridgehead atoms. The molecule has 5 rings (SSSR count). The number of amides is 1. The predicted octanol–water partition coefficient (Wildman–Crippen LogP) is 5.12. The van der Waals surface area contributed by atoms with Crippen molar-refractivity contribution >= 4 is 71.9 Å². The Labute approximate surface area is 330 Å². The topological polar surface area (TPSA) is 189 Å². The van der Waals surface area contributed by atoms with Crippen LogP contribution in [0.1, 0.15) is 50.2 Å². The number of nitrogen functional groups attached to an aromatic ring is 1. The smallest absolute Gasteiger partial charge is 0.270 e. The normalized spacial score (nSPS) is 11.4. The van der Waals surface area contributed by atoms with E-state index in [-0.39, 0.29) is 19.2 Å². The Hall–Kier alpha value is -6.36. The lowest BCUT2D eigenvalue weighted by molar-refractivity contribution is 0.0942. The number of ether oxygens (including phenoxy) is 2. The molecule has 0 unspecified atom stereocenters. The molecule has 1 amide bonds. The van der Waals surface area contributed by atoms with Crippen molar-refractivity contribution in [1.29, 1.82) is 0 Å². The number of hydrogen-bond acceptors (Lipinski definition) is 13. The van der Waals surface area contributed by atoms with Gasteiger partial charge in [-0.05, 0) is 69.1 Å². The van der Waals surface area contributed by atoms with Crippen LogP contribution in [0.5, 0.6) is 11.5 Å². The Morgan fingerprint density at radius 1 is 1.05 bits per heavy atom. The van der Waals surface area contributed by atoms with E-state index in [4.69, 9.17) is 20.2 Å². The fraction of sp³-hybridized carbons (Fsp3) is 0.308. The van der Waals surface area contributed by atoms with Crippen LogP contribution in [0.3, 0.4) is 0 Å². The first kappa shape index (κ1) is 40.8. The quantitative estimate of drug-likeness (QED) is 0.0182. The van der Waals surface area contributed by atoms with Crippen molar-refractivity contribution in [3.63, 3.8) is 0 Å². The number of aldehydes is 2. The van der Waals surface area contributed by atoms with E-state index >= 15 is 0 Å². The van der Waals surface area contributed by atoms with Crippen molar-refractivity contribution in [2.45, 2.75) is 39.9 Å². The second-order valence-electron chi connectivity index (χ2n) is 12.5. The Bertz CT molecular complexity index is 2220. The van der Waals surface area contributed by atoms with E-state index in [9.17, 15) is 14.4 Å². The van der Waals surface area contributed by atoms with Gasteiger partial charge in [-0.2, -0.15) is 22.8 Å². The molecule has 0 spiro atoms. The van der Waals surface area contributed by atoms with Gasteiger partial charge in [0.15, 0.2) is 0 Å². The lowest BCUT2D eigenvalue weighted by Crippen LogP contribution is -2.39. The first-order chi connectivity index (χ1) is 27.2. The maximum atomic E-state index is 13.5. The molecule has 17 heteroatoms. The van der Waals surface area contributed by atoms with E-state index in [2.05, 4.69) is 45.2 Å². The molecular weight excluding hydrogens is 735 g/mol. The van der Waals surface area contributed by atoms with Crippen molar-refractivity contribution in [1.82, 2.24) is 34.4 Å². The predicted molar refractivity (Wildman–Crippen MR) is 222 cm³/mol. The number of nitrogens with two attached hydrogens (primary N) is 1. The fourth-order valence-corrected chi connectivity index (χ4v) is 6.12. The largest absolute Gasteiger partial charge is 0.491 e. The van der Waals surface area contributed by atoms with Crippen molar-refractivity contribution < 1.29 is 23.9 Å². The van der Waals surface area contributed by atoms with E-state index < -0.39 is 0 Å². The Morgan fingerprint density at radius 2 is 1.82 bits per heavy atom. The summed E-state index contributed by atoms with van der Waals surface area (Å²) in [4.78, 5) is 48.0. The van der Waals surface area contributed by atoms with E-state index in [1.54, 1.807) is 59.1 Å². The van der Waals surface area contributed by atoms with Crippen LogP contribution in [-0.2, 0) is 19.6 Å². The highest BCUT2D eigenvalue weighted by atomic mass is 32.1. The number of allylic oxidation sites excluding steroid dienone is 2. The van der Waals surface area contributed by atoms with Crippen LogP contribution in [0.2, 0.25) is 0 Å². The summed E-state index contributed by atoms with van der Waals surface area (Å²) < 4.78 is 17.7. The Kier molecular flexibility index (Phi) is 14.4. The van der Waals surface area contributed by atoms with Crippen molar-refractivity contribution in [2.24, 2.45) is 4.99 Å². The summed E-state index contributed by atoms with van der Waals surface area (Å²) >= 11 is 4.31. The van der Waals surface area contributed by atoms with Gasteiger partial charge in [-0.15, -0.1) is 0 Å². The van der Waals surface area contributed by atoms with Gasteiger partial charge >= 0.3 is 0 Å². The van der Waals surface area contributed by atoms with Gasteiger partial charge in [0.25, 0.3) is 5.91 Å². The van der Waals surface area contributed by atoms with Gasteiger partial charge < -0.3 is 35.3 Å². The molecule has 0 fully saturated rings. The zero-order valence-corrected chi connectivity index (χ0v) is 32.6. The number of rotatable bonds is 22. The molecule has 0 atom stereocenters. The molecule has 0 saturated carbocycles. The molecule has 3 aromatic heterocycles. The number of anilines is 3. The number of nitrogens with one attached hydrogen (secondary N) is 2. The van der Waals surface area contributed by atoms with Crippen LogP contribution in [0.4, 0.5) is 23.0 Å². The SMILES string of the molecule is C=Nc1cc(C=O)cc(OCCCS)c1N(C/C=C/Cn1c(NC)nc2cc(C=O)cc(OC/C=C/Cn3cc(N)cn3)c21)CNC(=O)c1cc(C)nn1CC. The molecule has 4 N–H and O–H groups in total. The maximum Gasteiger partial charge on any atom is 0.270 e. The second-order valence-corrected chi connectivity index (χ2v) is 13.0. The third-order valence-electron chi connectivity index (χ3n) is 8.54. The molecule has 16 nitrogen and oxygen atoms in total. The molecule has 56 heavy (non-hydrogen) atoms. The molecule has 294 valence electrons. The number of aryl methyl sites for hydroxylation is 2. The maximum absolute atomic E-state index is 13.5. The summed E-state index contributed by atoms with van der Waals surface area (Å²) in [7, 11) is 1.77. The molecule has 2 aromatic carbocycles. The van der Waals surface area contributed by atoms with Crippen molar-refractivity contribution in [3.8, 4) is 11.5 Å². The molecular formula is C39H47N11O5S. The van der Waals surface area contributed by atoms with Gasteiger partial charge in [0.2, 0.25) is 5.95 Å². The molecule has 0 aliphatic carbocycles. The number of thiol groups is 1. The number of aliphatic imine (C=N–C) groups is 1. The van der Waals surface area contributed by atoms with Gasteiger partial charge in [0.1, 0.15) is 47.6 Å². The van der Waals surface area contributed by atoms with Crippen LogP contribution in [0.25, 0.3) is 11.0 Å². The highest BCUT2D eigenvalue weighted by molar-refractivity contribution is 7.80. The van der Waals surface area contributed by atoms with Gasteiger partial charge in [-0.1, -0.05) is 18.2 Å². The number of carbonyl (C=O) groups is 3. The number of hydrogen-bond donors (Lipinski definition) is 4. The van der Waals surface area contributed by atoms with Crippen LogP contribution in [0, 0.1) is 6.92 Å². The fourth-order valence-electron chi connectivity index (χ4n) is 5.99. The summed E-state index contributed by atoms with van der Waals surface area (Å²) in [5, 5.41) is 14.8. The minimum atomic E-state index is -0.303. The minimum absolute atomic E-state index is 0.0620. The lowest BCUT2D eigenvalue weighted by atomic mass is 10.1. The summed E-state index contributed by atoms with van der Waals surface area (Å²) in [5.74, 6) is 1.79. The lowest BCUT2D eigenvalue weighted by Gasteiger charge is -2.28. The van der Waals surface area contributed by atoms with Crippen molar-refractivity contribution in [2.75, 3.05) is 55.2 Å². The molecule has 3 heterocycles. The molecule has 0 saturated heterocycles. The zero-order valence-electron chi connectivity index (χ0n) is 31.7. The Balaban J connectivity index is 1.43. The molecule has 5 aromatic rings. The molecule has 0 aliphatic heterocycles. The third-order valence-corrected chi connectivity index (χ3v) is 8.86. The number of benzene rings is 2. The van der Waals surface area contributed by atoms with Gasteiger partial charge in [0.05, 0.1) is 48.6 Å². The number of imidazole rings is 1. The second kappa shape index (κ2) is 19.8. The summed E-state index contributed by atoms with van der Waals surface area (Å²) in [5.41, 5.74) is 10.6. The van der Waals surface area contributed by atoms with E-state index in [1.807, 2.05) is 47.6 Å². The van der Waals surface area contributed by atoms with Crippen LogP contribution in [0.15, 0.2) is 72.0 Å². The highest BCUT2D eigenvalue weighted by Crippen LogP contribution is 2.39. The average molecular weight is 782 g/mol. The zero-order chi connectivity index (χ0) is 40.0. The summed E-state index contributed by atoms with van der Waals surface area (Å²) in [6, 6.07) is 8.43. The minimum Gasteiger partial charge on any atom is -0.491 e. The van der Waals surface area contributed by atoms with Crippen LogP contribution < -0.4 is 30.7 Å². The van der Waals surface area contributed by atoms with E-state index in [0.29, 0.717) is 107 Å². The van der Waals surface area contributed by atoms with Gasteiger partial charge in [-0.25, -0.2) is 4.98 Å². The number of nitrogens with zero attached hydrogens (tertiary/aromatic N) is 8. The van der Waals surface area contributed by atoms with Crippen LogP contribution in [-0.4, -0.2) is 93.5 Å². The Morgan fingerprint density at radius 3 is 2.52 bits per heavy atom. The molecule has 0 radical (unpaired) electrons. The standard InChI is InChI=1S/C39H47N11O5S/c1-5-50-33(17-27(2)46-50)38(53)43-26-47(36-31(41-3)18-28(24-51)20-34(36)55-15-10-16-56)11-6-7-13-49-37-32(45-39(49)42-4)19-29(25-52)21-35(37)54-14-9-8-12-48-23-30(40)22-44-48/h6-9,17-25,56H,3,5,10-16,26,40H2,1-2,4H3,(H,42,45)(H,43,53)/b7-6+,9-8+. The van der Waals surface area contributed by atoms with Crippen molar-refractivity contribution in [3.05, 3.63) is 89.5 Å². The first-order valence-electron chi connectivity index (χ1n) is 18.0. The number of fused-ring (bicyclic) bond motifs is 1. The van der Waals surface area contributed by atoms with E-state index in [0.717, 1.165) is 18.3 Å². The third kappa shape index (κ3) is 10.0. The summed E-state index contributed by atoms with van der Waals surface area (Å²) in [6.45, 7) is 9.89. The first-order valence-corrected chi connectivity index (χ1v) is 18.7. The average Bonchev–Trinajstić information content (AvgIpc) is 3.92. The monoisotopic (exact) mass is 781 g/mol. The van der Waals surface area contributed by atoms with Gasteiger partial charge in [-0.3, -0.25) is 28.7 Å². The number of aromatic nitrogens is 6.